The highest BCUT2D eigenvalue weighted by Gasteiger charge is 2.23. The molecule has 0 aromatic heterocycles. The number of ether oxygens (including phenoxy) is 4. The molecule has 0 aliphatic carbocycles. The smallest absolute Gasteiger partial charge is 0.258 e. The third-order valence-electron chi connectivity index (χ3n) is 10.3. The van der Waals surface area contributed by atoms with Crippen molar-refractivity contribution < 1.29 is 28.5 Å². The lowest BCUT2D eigenvalue weighted by Crippen LogP contribution is -2.33. The Balaban J connectivity index is 1.00. The number of anilines is 2. The van der Waals surface area contributed by atoms with Crippen LogP contribution in [0.5, 0.6) is 11.5 Å². The SMILES string of the molecule is CCCCN(C(=O)c1ccc(-c2ccc(OCCC3CO3)cc2)cc1)c1ccc(N(CCCC)C(=O)c2ccc(-c3ccc(OCCC4CO4)cc3)cc2)cc1. The molecule has 2 unspecified atom stereocenters. The van der Waals surface area contributed by atoms with E-state index in [9.17, 15) is 9.59 Å². The number of hydrogen-bond donors (Lipinski definition) is 0. The van der Waals surface area contributed by atoms with Gasteiger partial charge in [-0.15, -0.1) is 0 Å². The first kappa shape index (κ1) is 38.8. The topological polar surface area (TPSA) is 84.1 Å². The molecule has 5 aromatic rings. The minimum absolute atomic E-state index is 0.0500. The fraction of sp³-hybridized carbons (Fsp3) is 0.333. The number of hydrogen-bond acceptors (Lipinski definition) is 6. The van der Waals surface area contributed by atoms with Gasteiger partial charge in [0.1, 0.15) is 11.5 Å². The number of rotatable bonds is 20. The van der Waals surface area contributed by atoms with Crippen molar-refractivity contribution >= 4 is 23.2 Å². The first-order chi connectivity index (χ1) is 27.5. The molecule has 0 N–H and O–H groups in total. The van der Waals surface area contributed by atoms with Gasteiger partial charge in [0.2, 0.25) is 0 Å². The van der Waals surface area contributed by atoms with Crippen LogP contribution < -0.4 is 19.3 Å². The zero-order valence-corrected chi connectivity index (χ0v) is 32.5. The van der Waals surface area contributed by atoms with Gasteiger partial charge in [-0.2, -0.15) is 0 Å². The number of unbranched alkanes of at least 4 members (excludes halogenated alkanes) is 2. The Morgan fingerprint density at radius 1 is 0.518 bits per heavy atom. The summed E-state index contributed by atoms with van der Waals surface area (Å²) in [6, 6.07) is 39.5. The molecule has 8 heteroatoms. The summed E-state index contributed by atoms with van der Waals surface area (Å²) < 4.78 is 22.2. The molecular weight excluding hydrogens is 701 g/mol. The summed E-state index contributed by atoms with van der Waals surface area (Å²) >= 11 is 0. The van der Waals surface area contributed by atoms with Crippen molar-refractivity contribution in [1.82, 2.24) is 0 Å². The molecule has 56 heavy (non-hydrogen) atoms. The molecule has 2 atom stereocenters. The van der Waals surface area contributed by atoms with Gasteiger partial charge in [-0.3, -0.25) is 9.59 Å². The molecule has 2 aliphatic heterocycles. The minimum Gasteiger partial charge on any atom is -0.493 e. The molecule has 2 fully saturated rings. The Labute approximate surface area is 331 Å². The molecule has 2 heterocycles. The van der Waals surface area contributed by atoms with Crippen LogP contribution in [-0.4, -0.2) is 63.5 Å². The Hall–Kier alpha value is -5.44. The molecule has 0 spiro atoms. The van der Waals surface area contributed by atoms with Gasteiger partial charge in [-0.1, -0.05) is 75.2 Å². The van der Waals surface area contributed by atoms with Gasteiger partial charge in [-0.25, -0.2) is 0 Å². The van der Waals surface area contributed by atoms with Crippen molar-refractivity contribution in [3.05, 3.63) is 132 Å². The average molecular weight is 753 g/mol. The van der Waals surface area contributed by atoms with Crippen LogP contribution in [0, 0.1) is 0 Å². The van der Waals surface area contributed by atoms with E-state index in [0.717, 1.165) is 96.9 Å². The van der Waals surface area contributed by atoms with Crippen LogP contribution in [0.4, 0.5) is 11.4 Å². The van der Waals surface area contributed by atoms with Gasteiger partial charge in [0.05, 0.1) is 38.6 Å². The highest BCUT2D eigenvalue weighted by molar-refractivity contribution is 6.08. The molecule has 8 nitrogen and oxygen atoms in total. The molecule has 2 saturated heterocycles. The van der Waals surface area contributed by atoms with Crippen LogP contribution in [0.1, 0.15) is 73.1 Å². The molecule has 0 bridgehead atoms. The van der Waals surface area contributed by atoms with Crippen LogP contribution >= 0.6 is 0 Å². The monoisotopic (exact) mass is 752 g/mol. The van der Waals surface area contributed by atoms with E-state index in [-0.39, 0.29) is 11.8 Å². The second-order valence-corrected chi connectivity index (χ2v) is 14.5. The quantitative estimate of drug-likeness (QED) is 0.0736. The number of amides is 2. The molecule has 290 valence electrons. The molecule has 5 aromatic carbocycles. The fourth-order valence-corrected chi connectivity index (χ4v) is 6.64. The fourth-order valence-electron chi connectivity index (χ4n) is 6.64. The number of carbonyl (C=O) groups excluding carboxylic acids is 2. The summed E-state index contributed by atoms with van der Waals surface area (Å²) in [5.41, 5.74) is 7.05. The summed E-state index contributed by atoms with van der Waals surface area (Å²) in [6.45, 7) is 8.42. The van der Waals surface area contributed by atoms with E-state index in [2.05, 4.69) is 13.8 Å². The highest BCUT2D eigenvalue weighted by atomic mass is 16.6. The summed E-state index contributed by atoms with van der Waals surface area (Å²) in [5, 5.41) is 0. The summed E-state index contributed by atoms with van der Waals surface area (Å²) in [4.78, 5) is 31.7. The number of epoxide rings is 2. The van der Waals surface area contributed by atoms with E-state index in [1.807, 2.05) is 131 Å². The number of nitrogens with zero attached hydrogens (tertiary/aromatic N) is 2. The average Bonchev–Trinajstić information content (AvgIpc) is 4.20. The standard InChI is InChI=1S/C48H52N2O6/c1-3-5-29-49(47(51)39-11-7-35(8-12-39)37-15-23-43(24-16-37)53-31-27-45-33-55-45)41-19-21-42(22-20-41)50(30-6-4-2)48(52)40-13-9-36(10-14-40)38-17-25-44(26-18-38)54-32-28-46-34-56-46/h7-26,45-46H,3-6,27-34H2,1-2H3. The summed E-state index contributed by atoms with van der Waals surface area (Å²) in [6.07, 6.45) is 6.21. The predicted molar refractivity (Wildman–Crippen MR) is 223 cm³/mol. The zero-order valence-electron chi connectivity index (χ0n) is 32.5. The van der Waals surface area contributed by atoms with Crippen LogP contribution in [0.2, 0.25) is 0 Å². The lowest BCUT2D eigenvalue weighted by Gasteiger charge is -2.26. The molecule has 0 radical (unpaired) electrons. The molecule has 2 amide bonds. The normalized spacial score (nSPS) is 15.5. The maximum atomic E-state index is 14.0. The Kier molecular flexibility index (Phi) is 13.1. The number of benzene rings is 5. The maximum absolute atomic E-state index is 14.0. The van der Waals surface area contributed by atoms with Gasteiger partial charge >= 0.3 is 0 Å². The van der Waals surface area contributed by atoms with E-state index in [0.29, 0.717) is 49.6 Å². The van der Waals surface area contributed by atoms with E-state index < -0.39 is 0 Å². The second kappa shape index (κ2) is 18.9. The third kappa shape index (κ3) is 10.4. The molecule has 0 saturated carbocycles. The van der Waals surface area contributed by atoms with Crippen molar-refractivity contribution in [2.24, 2.45) is 0 Å². The van der Waals surface area contributed by atoms with Gasteiger partial charge in [0.15, 0.2) is 0 Å². The second-order valence-electron chi connectivity index (χ2n) is 14.5. The summed E-state index contributed by atoms with van der Waals surface area (Å²) in [7, 11) is 0. The van der Waals surface area contributed by atoms with Crippen LogP contribution in [0.15, 0.2) is 121 Å². The van der Waals surface area contributed by atoms with E-state index in [1.165, 1.54) is 0 Å². The third-order valence-corrected chi connectivity index (χ3v) is 10.3. The largest absolute Gasteiger partial charge is 0.493 e. The number of carbonyl (C=O) groups is 2. The maximum Gasteiger partial charge on any atom is 0.258 e. The van der Waals surface area contributed by atoms with Crippen LogP contribution in [0.3, 0.4) is 0 Å². The van der Waals surface area contributed by atoms with Gasteiger partial charge in [-0.05, 0) is 108 Å². The lowest BCUT2D eigenvalue weighted by molar-refractivity contribution is 0.0978. The van der Waals surface area contributed by atoms with Gasteiger partial charge in [0.25, 0.3) is 11.8 Å². The first-order valence-corrected chi connectivity index (χ1v) is 20.1. The van der Waals surface area contributed by atoms with Crippen LogP contribution in [0.25, 0.3) is 22.3 Å². The zero-order chi connectivity index (χ0) is 38.7. The van der Waals surface area contributed by atoms with Gasteiger partial charge < -0.3 is 28.7 Å². The highest BCUT2D eigenvalue weighted by Crippen LogP contribution is 2.29. The Morgan fingerprint density at radius 3 is 1.14 bits per heavy atom. The van der Waals surface area contributed by atoms with Crippen molar-refractivity contribution in [2.75, 3.05) is 49.3 Å². The predicted octanol–water partition coefficient (Wildman–Crippen LogP) is 10.2. The van der Waals surface area contributed by atoms with E-state index in [4.69, 9.17) is 18.9 Å². The van der Waals surface area contributed by atoms with E-state index >= 15 is 0 Å². The Morgan fingerprint density at radius 2 is 0.839 bits per heavy atom. The van der Waals surface area contributed by atoms with Crippen LogP contribution in [-0.2, 0) is 9.47 Å². The van der Waals surface area contributed by atoms with Gasteiger partial charge in [0, 0.05) is 48.4 Å². The van der Waals surface area contributed by atoms with Crippen molar-refractivity contribution in [1.29, 1.82) is 0 Å². The lowest BCUT2D eigenvalue weighted by atomic mass is 10.0. The molecule has 2 aliphatic rings. The van der Waals surface area contributed by atoms with Crippen molar-refractivity contribution in [3.8, 4) is 33.8 Å². The van der Waals surface area contributed by atoms with E-state index in [1.54, 1.807) is 0 Å². The minimum atomic E-state index is -0.0500. The summed E-state index contributed by atoms with van der Waals surface area (Å²) in [5.74, 6) is 1.58. The van der Waals surface area contributed by atoms with Crippen molar-refractivity contribution in [3.63, 3.8) is 0 Å². The Bertz CT molecular complexity index is 1860. The van der Waals surface area contributed by atoms with Crippen molar-refractivity contribution in [2.45, 2.75) is 64.6 Å². The molecular formula is C48H52N2O6. The molecule has 7 rings (SSSR count). The first-order valence-electron chi connectivity index (χ1n) is 20.1.